The molecule has 0 spiro atoms. The van der Waals surface area contributed by atoms with Gasteiger partial charge >= 0.3 is 0 Å². The van der Waals surface area contributed by atoms with Gasteiger partial charge in [0.1, 0.15) is 5.82 Å². The summed E-state index contributed by atoms with van der Waals surface area (Å²) in [5, 5.41) is 3.31. The highest BCUT2D eigenvalue weighted by Gasteiger charge is 2.25. The largest absolute Gasteiger partial charge is 0.378 e. The summed E-state index contributed by atoms with van der Waals surface area (Å²) >= 11 is 6.18. The van der Waals surface area contributed by atoms with Gasteiger partial charge in [-0.25, -0.2) is 4.98 Å². The number of halogens is 1. The average Bonchev–Trinajstić information content (AvgIpc) is 2.53. The van der Waals surface area contributed by atoms with Crippen molar-refractivity contribution < 1.29 is 14.3 Å². The second kappa shape index (κ2) is 7.14. The van der Waals surface area contributed by atoms with Crippen molar-refractivity contribution in [2.24, 2.45) is 11.1 Å². The summed E-state index contributed by atoms with van der Waals surface area (Å²) in [4.78, 5) is 29.6. The summed E-state index contributed by atoms with van der Waals surface area (Å²) in [6.07, 6.45) is 1.48. The molecule has 1 fully saturated rings. The second-order valence-electron chi connectivity index (χ2n) is 6.06. The highest BCUT2D eigenvalue weighted by molar-refractivity contribution is 6.33. The average molecular weight is 341 g/mol. The van der Waals surface area contributed by atoms with Crippen molar-refractivity contribution in [3.8, 4) is 0 Å². The quantitative estimate of drug-likeness (QED) is 0.837. The number of nitrogens with two attached hydrogens (primary N) is 1. The third kappa shape index (κ3) is 4.33. The number of hydrogen-bond acceptors (Lipinski definition) is 5. The summed E-state index contributed by atoms with van der Waals surface area (Å²) in [6.45, 7) is 5.95. The third-order valence-corrected chi connectivity index (χ3v) is 4.04. The van der Waals surface area contributed by atoms with Crippen LogP contribution in [0.15, 0.2) is 12.3 Å². The topological polar surface area (TPSA) is 97.6 Å². The molecule has 23 heavy (non-hydrogen) atoms. The van der Waals surface area contributed by atoms with Crippen molar-refractivity contribution in [1.29, 1.82) is 0 Å². The first-order valence-electron chi connectivity index (χ1n) is 7.37. The maximum absolute atomic E-state index is 12.4. The fourth-order valence-electron chi connectivity index (χ4n) is 2.03. The minimum Gasteiger partial charge on any atom is -0.378 e. The summed E-state index contributed by atoms with van der Waals surface area (Å²) in [7, 11) is 0. The van der Waals surface area contributed by atoms with Gasteiger partial charge in [0.2, 0.25) is 5.91 Å². The number of nitrogens with one attached hydrogen (secondary N) is 1. The van der Waals surface area contributed by atoms with Crippen molar-refractivity contribution >= 4 is 29.2 Å². The molecule has 1 aliphatic rings. The van der Waals surface area contributed by atoms with E-state index in [1.807, 2.05) is 0 Å². The number of morpholine rings is 1. The van der Waals surface area contributed by atoms with Crippen LogP contribution in [0.4, 0.5) is 5.82 Å². The smallest absolute Gasteiger partial charge is 0.255 e. The molecule has 8 heteroatoms. The Balaban J connectivity index is 2.05. The Morgan fingerprint density at radius 1 is 1.43 bits per heavy atom. The first kappa shape index (κ1) is 17.5. The van der Waals surface area contributed by atoms with Crippen LogP contribution in [0.25, 0.3) is 0 Å². The van der Waals surface area contributed by atoms with Crippen LogP contribution in [0, 0.1) is 5.41 Å². The highest BCUT2D eigenvalue weighted by atomic mass is 35.5. The minimum atomic E-state index is -0.729. The molecule has 1 aromatic heterocycles. The van der Waals surface area contributed by atoms with Gasteiger partial charge in [0.05, 0.1) is 29.2 Å². The molecule has 1 saturated heterocycles. The van der Waals surface area contributed by atoms with Crippen LogP contribution < -0.4 is 11.1 Å². The normalized spacial score (nSPS) is 15.3. The summed E-state index contributed by atoms with van der Waals surface area (Å²) < 4.78 is 5.23. The van der Waals surface area contributed by atoms with Crippen molar-refractivity contribution in [3.63, 3.8) is 0 Å². The highest BCUT2D eigenvalue weighted by Crippen LogP contribution is 2.23. The molecule has 126 valence electrons. The minimum absolute atomic E-state index is 0.119. The molecule has 2 heterocycles. The van der Waals surface area contributed by atoms with Gasteiger partial charge < -0.3 is 20.7 Å². The Morgan fingerprint density at radius 3 is 2.65 bits per heavy atom. The lowest BCUT2D eigenvalue weighted by atomic mass is 9.93. The number of ether oxygens (including phenoxy) is 1. The zero-order valence-electron chi connectivity index (χ0n) is 13.3. The zero-order chi connectivity index (χ0) is 17.0. The predicted octanol–water partition coefficient (Wildman–Crippen LogP) is 1.13. The van der Waals surface area contributed by atoms with Crippen molar-refractivity contribution in [2.45, 2.75) is 13.8 Å². The van der Waals surface area contributed by atoms with Gasteiger partial charge in [0, 0.05) is 25.8 Å². The van der Waals surface area contributed by atoms with E-state index in [0.717, 1.165) is 0 Å². The lowest BCUT2D eigenvalue weighted by Crippen LogP contribution is -2.40. The molecule has 0 atom stereocenters. The maximum Gasteiger partial charge on any atom is 0.255 e. The number of hydrogen-bond donors (Lipinski definition) is 2. The molecule has 1 aliphatic heterocycles. The lowest BCUT2D eigenvalue weighted by Gasteiger charge is -2.27. The van der Waals surface area contributed by atoms with Crippen LogP contribution >= 0.6 is 11.6 Å². The standard InChI is InChI=1S/C15H21ClN4O3/c1-15(2,14(17)22)9-19-12-11(16)7-10(8-18-12)13(21)20-3-5-23-6-4-20/h7-8H,3-6,9H2,1-2H3,(H2,17,22)(H,18,19). The molecule has 0 unspecified atom stereocenters. The van der Waals surface area contributed by atoms with Gasteiger partial charge in [-0.15, -0.1) is 0 Å². The first-order chi connectivity index (χ1) is 10.8. The Labute approximate surface area is 140 Å². The van der Waals surface area contributed by atoms with Gasteiger partial charge in [-0.2, -0.15) is 0 Å². The van der Waals surface area contributed by atoms with Gasteiger partial charge in [-0.05, 0) is 19.9 Å². The van der Waals surface area contributed by atoms with E-state index in [1.54, 1.807) is 24.8 Å². The van der Waals surface area contributed by atoms with Crippen LogP contribution in [0.1, 0.15) is 24.2 Å². The molecule has 0 radical (unpaired) electrons. The van der Waals surface area contributed by atoms with E-state index in [2.05, 4.69) is 10.3 Å². The predicted molar refractivity (Wildman–Crippen MR) is 87.4 cm³/mol. The molecule has 3 N–H and O–H groups in total. The van der Waals surface area contributed by atoms with Gasteiger partial charge in [0.15, 0.2) is 0 Å². The van der Waals surface area contributed by atoms with Crippen molar-refractivity contribution in [2.75, 3.05) is 38.2 Å². The molecule has 2 amide bonds. The van der Waals surface area contributed by atoms with Crippen LogP contribution in [0.3, 0.4) is 0 Å². The molecule has 0 bridgehead atoms. The zero-order valence-corrected chi connectivity index (χ0v) is 14.0. The van der Waals surface area contributed by atoms with E-state index in [0.29, 0.717) is 49.3 Å². The second-order valence-corrected chi connectivity index (χ2v) is 6.47. The molecule has 7 nitrogen and oxygen atoms in total. The Kier molecular flexibility index (Phi) is 5.43. The number of primary amides is 1. The number of carbonyl (C=O) groups is 2. The van der Waals surface area contributed by atoms with E-state index >= 15 is 0 Å². The van der Waals surface area contributed by atoms with E-state index in [9.17, 15) is 9.59 Å². The Morgan fingerprint density at radius 2 is 2.09 bits per heavy atom. The summed E-state index contributed by atoms with van der Waals surface area (Å²) in [5.41, 5.74) is 5.02. The van der Waals surface area contributed by atoms with Gasteiger partial charge in [0.25, 0.3) is 5.91 Å². The van der Waals surface area contributed by atoms with E-state index < -0.39 is 11.3 Å². The Bertz CT molecular complexity index is 600. The molecule has 2 rings (SSSR count). The molecule has 0 saturated carbocycles. The monoisotopic (exact) mass is 340 g/mol. The van der Waals surface area contributed by atoms with Crippen molar-refractivity contribution in [1.82, 2.24) is 9.88 Å². The number of anilines is 1. The van der Waals surface area contributed by atoms with Gasteiger partial charge in [-0.3, -0.25) is 9.59 Å². The van der Waals surface area contributed by atoms with Crippen LogP contribution in [0.2, 0.25) is 5.02 Å². The van der Waals surface area contributed by atoms with Crippen LogP contribution in [-0.4, -0.2) is 54.5 Å². The number of carbonyl (C=O) groups excluding carboxylic acids is 2. The number of rotatable bonds is 5. The fourth-order valence-corrected chi connectivity index (χ4v) is 2.26. The summed E-state index contributed by atoms with van der Waals surface area (Å²) in [5.74, 6) is -0.119. The fraction of sp³-hybridized carbons (Fsp3) is 0.533. The number of aromatic nitrogens is 1. The van der Waals surface area contributed by atoms with E-state index in [1.165, 1.54) is 6.20 Å². The molecule has 1 aromatic rings. The molecule has 0 aromatic carbocycles. The third-order valence-electron chi connectivity index (χ3n) is 3.75. The molecule has 0 aliphatic carbocycles. The number of nitrogens with zero attached hydrogens (tertiary/aromatic N) is 2. The maximum atomic E-state index is 12.4. The number of pyridine rings is 1. The first-order valence-corrected chi connectivity index (χ1v) is 7.75. The lowest BCUT2D eigenvalue weighted by molar-refractivity contribution is -0.125. The molecular weight excluding hydrogens is 320 g/mol. The summed E-state index contributed by atoms with van der Waals surface area (Å²) in [6, 6.07) is 1.58. The van der Waals surface area contributed by atoms with E-state index in [4.69, 9.17) is 22.1 Å². The molecular formula is C15H21ClN4O3. The van der Waals surface area contributed by atoms with E-state index in [-0.39, 0.29) is 5.91 Å². The van der Waals surface area contributed by atoms with Crippen LogP contribution in [0.5, 0.6) is 0 Å². The number of amides is 2. The SMILES string of the molecule is CC(C)(CNc1ncc(C(=O)N2CCOCC2)cc1Cl)C(N)=O. The van der Waals surface area contributed by atoms with Crippen molar-refractivity contribution in [3.05, 3.63) is 22.8 Å². The van der Waals surface area contributed by atoms with Gasteiger partial charge in [-0.1, -0.05) is 11.6 Å². The van der Waals surface area contributed by atoms with Crippen LogP contribution in [-0.2, 0) is 9.53 Å². The Hall–Kier alpha value is -1.86.